The lowest BCUT2D eigenvalue weighted by atomic mass is 10.0. The number of hydrogen-bond acceptors (Lipinski definition) is 3. The lowest BCUT2D eigenvalue weighted by molar-refractivity contribution is 0.0685. The van der Waals surface area contributed by atoms with Crippen LogP contribution in [-0.4, -0.2) is 27.3 Å². The van der Waals surface area contributed by atoms with Crippen molar-refractivity contribution in [2.24, 2.45) is 0 Å². The summed E-state index contributed by atoms with van der Waals surface area (Å²) in [6, 6.07) is 9.95. The van der Waals surface area contributed by atoms with Crippen LogP contribution in [0.3, 0.4) is 0 Å². The van der Waals surface area contributed by atoms with Crippen molar-refractivity contribution >= 4 is 11.9 Å². The van der Waals surface area contributed by atoms with E-state index in [0.717, 1.165) is 6.07 Å². The molecular formula is C14H10O5. The molecule has 0 saturated carbocycles. The van der Waals surface area contributed by atoms with Crippen LogP contribution >= 0.6 is 0 Å². The van der Waals surface area contributed by atoms with Crippen molar-refractivity contribution in [2.45, 2.75) is 0 Å². The number of carboxylic acid groups (broad SMARTS) is 2. The molecule has 0 heterocycles. The fourth-order valence-corrected chi connectivity index (χ4v) is 1.73. The van der Waals surface area contributed by atoms with Gasteiger partial charge in [-0.05, 0) is 41.5 Å². The number of rotatable bonds is 3. The van der Waals surface area contributed by atoms with Gasteiger partial charge in [0, 0.05) is 0 Å². The molecule has 0 aliphatic carbocycles. The molecular weight excluding hydrogens is 248 g/mol. The van der Waals surface area contributed by atoms with Gasteiger partial charge >= 0.3 is 11.9 Å². The van der Waals surface area contributed by atoms with E-state index in [1.165, 1.54) is 24.3 Å². The lowest BCUT2D eigenvalue weighted by Gasteiger charge is -2.05. The first-order chi connectivity index (χ1) is 8.97. The summed E-state index contributed by atoms with van der Waals surface area (Å²) < 4.78 is 0. The number of aromatic carboxylic acids is 2. The monoisotopic (exact) mass is 258 g/mol. The van der Waals surface area contributed by atoms with E-state index in [2.05, 4.69) is 0 Å². The van der Waals surface area contributed by atoms with Gasteiger partial charge < -0.3 is 15.3 Å². The van der Waals surface area contributed by atoms with E-state index in [-0.39, 0.29) is 16.9 Å². The van der Waals surface area contributed by atoms with Gasteiger partial charge in [-0.15, -0.1) is 0 Å². The van der Waals surface area contributed by atoms with E-state index in [4.69, 9.17) is 10.2 Å². The maximum atomic E-state index is 10.9. The quantitative estimate of drug-likeness (QED) is 0.786. The standard InChI is InChI=1S/C14H10O5/c15-12-6-10(5-11(7-12)14(18)19)8-2-1-3-9(4-8)13(16)17/h1-7,15H,(H,16,17)(H,18,19). The molecule has 0 aliphatic rings. The fourth-order valence-electron chi connectivity index (χ4n) is 1.73. The smallest absolute Gasteiger partial charge is 0.335 e. The second-order valence-electron chi connectivity index (χ2n) is 3.96. The molecule has 2 aromatic rings. The number of hydrogen-bond donors (Lipinski definition) is 3. The topological polar surface area (TPSA) is 94.8 Å². The minimum absolute atomic E-state index is 0.0595. The van der Waals surface area contributed by atoms with Crippen molar-refractivity contribution in [3.8, 4) is 16.9 Å². The number of benzene rings is 2. The maximum absolute atomic E-state index is 10.9. The van der Waals surface area contributed by atoms with Gasteiger partial charge in [-0.25, -0.2) is 9.59 Å². The molecule has 3 N–H and O–H groups in total. The van der Waals surface area contributed by atoms with Crippen LogP contribution in [0.4, 0.5) is 0 Å². The third-order valence-corrected chi connectivity index (χ3v) is 2.61. The summed E-state index contributed by atoms with van der Waals surface area (Å²) in [5, 5.41) is 27.3. The molecule has 5 heteroatoms. The van der Waals surface area contributed by atoms with Gasteiger partial charge in [-0.3, -0.25) is 0 Å². The predicted octanol–water partition coefficient (Wildman–Crippen LogP) is 2.46. The molecule has 2 aromatic carbocycles. The fraction of sp³-hybridized carbons (Fsp3) is 0. The van der Waals surface area contributed by atoms with Gasteiger partial charge in [0.1, 0.15) is 5.75 Å². The second-order valence-corrected chi connectivity index (χ2v) is 3.96. The molecule has 2 rings (SSSR count). The van der Waals surface area contributed by atoms with Gasteiger partial charge in [0.05, 0.1) is 11.1 Å². The molecule has 0 fully saturated rings. The van der Waals surface area contributed by atoms with Gasteiger partial charge in [-0.2, -0.15) is 0 Å². The van der Waals surface area contributed by atoms with Crippen LogP contribution in [0.15, 0.2) is 42.5 Å². The van der Waals surface area contributed by atoms with Crippen LogP contribution < -0.4 is 0 Å². The molecule has 0 aromatic heterocycles. The van der Waals surface area contributed by atoms with Crippen molar-refractivity contribution in [1.29, 1.82) is 0 Å². The van der Waals surface area contributed by atoms with Gasteiger partial charge in [0.2, 0.25) is 0 Å². The lowest BCUT2D eigenvalue weighted by Crippen LogP contribution is -1.98. The number of phenolic OH excluding ortho intramolecular Hbond substituents is 1. The zero-order chi connectivity index (χ0) is 14.0. The first-order valence-corrected chi connectivity index (χ1v) is 5.38. The Balaban J connectivity index is 2.55. The summed E-state index contributed by atoms with van der Waals surface area (Å²) in [6.07, 6.45) is 0. The first-order valence-electron chi connectivity index (χ1n) is 5.38. The normalized spacial score (nSPS) is 10.1. The van der Waals surface area contributed by atoms with E-state index in [0.29, 0.717) is 11.1 Å². The Morgan fingerprint density at radius 1 is 0.789 bits per heavy atom. The number of carbonyl (C=O) groups is 2. The Bertz CT molecular complexity index is 661. The van der Waals surface area contributed by atoms with Crippen molar-refractivity contribution in [3.63, 3.8) is 0 Å². The van der Waals surface area contributed by atoms with E-state index < -0.39 is 11.9 Å². The Kier molecular flexibility index (Phi) is 3.20. The predicted molar refractivity (Wildman–Crippen MR) is 67.5 cm³/mol. The van der Waals surface area contributed by atoms with Crippen LogP contribution in [0.1, 0.15) is 20.7 Å². The van der Waals surface area contributed by atoms with Crippen LogP contribution in [0.5, 0.6) is 5.75 Å². The van der Waals surface area contributed by atoms with E-state index >= 15 is 0 Å². The van der Waals surface area contributed by atoms with Crippen molar-refractivity contribution in [3.05, 3.63) is 53.6 Å². The molecule has 0 aliphatic heterocycles. The highest BCUT2D eigenvalue weighted by Crippen LogP contribution is 2.26. The molecule has 96 valence electrons. The molecule has 0 amide bonds. The van der Waals surface area contributed by atoms with Crippen LogP contribution in [-0.2, 0) is 0 Å². The first kappa shape index (κ1) is 12.6. The van der Waals surface area contributed by atoms with Crippen molar-refractivity contribution in [1.82, 2.24) is 0 Å². The summed E-state index contributed by atoms with van der Waals surface area (Å²) in [5.74, 6) is -2.41. The molecule has 0 unspecified atom stereocenters. The molecule has 19 heavy (non-hydrogen) atoms. The SMILES string of the molecule is O=C(O)c1cccc(-c2cc(O)cc(C(=O)O)c2)c1. The van der Waals surface area contributed by atoms with Gasteiger partial charge in [0.25, 0.3) is 0 Å². The van der Waals surface area contributed by atoms with E-state index in [1.54, 1.807) is 12.1 Å². The van der Waals surface area contributed by atoms with Crippen LogP contribution in [0.2, 0.25) is 0 Å². The Morgan fingerprint density at radius 2 is 1.42 bits per heavy atom. The Hall–Kier alpha value is -2.82. The summed E-state index contributed by atoms with van der Waals surface area (Å²) in [4.78, 5) is 21.8. The van der Waals surface area contributed by atoms with Gasteiger partial charge in [-0.1, -0.05) is 12.1 Å². The van der Waals surface area contributed by atoms with E-state index in [9.17, 15) is 14.7 Å². The Morgan fingerprint density at radius 3 is 2.05 bits per heavy atom. The third-order valence-electron chi connectivity index (χ3n) is 2.61. The maximum Gasteiger partial charge on any atom is 0.335 e. The molecule has 0 spiro atoms. The molecule has 0 saturated heterocycles. The largest absolute Gasteiger partial charge is 0.508 e. The molecule has 0 radical (unpaired) electrons. The molecule has 5 nitrogen and oxygen atoms in total. The molecule has 0 atom stereocenters. The van der Waals surface area contributed by atoms with Crippen molar-refractivity contribution < 1.29 is 24.9 Å². The third kappa shape index (κ3) is 2.71. The summed E-state index contributed by atoms with van der Waals surface area (Å²) in [5.41, 5.74) is 1.01. The van der Waals surface area contributed by atoms with Crippen molar-refractivity contribution in [2.75, 3.05) is 0 Å². The number of aromatic hydroxyl groups is 1. The zero-order valence-corrected chi connectivity index (χ0v) is 9.70. The van der Waals surface area contributed by atoms with Crippen LogP contribution in [0.25, 0.3) is 11.1 Å². The number of carboxylic acids is 2. The van der Waals surface area contributed by atoms with E-state index in [1.807, 2.05) is 0 Å². The van der Waals surface area contributed by atoms with Crippen LogP contribution in [0, 0.1) is 0 Å². The summed E-state index contributed by atoms with van der Waals surface area (Å²) >= 11 is 0. The minimum Gasteiger partial charge on any atom is -0.508 e. The minimum atomic E-state index is -1.16. The average Bonchev–Trinajstić information content (AvgIpc) is 2.38. The van der Waals surface area contributed by atoms with Gasteiger partial charge in [0.15, 0.2) is 0 Å². The Labute approximate surface area is 108 Å². The highest BCUT2D eigenvalue weighted by Gasteiger charge is 2.10. The highest BCUT2D eigenvalue weighted by atomic mass is 16.4. The zero-order valence-electron chi connectivity index (χ0n) is 9.70. The summed E-state index contributed by atoms with van der Waals surface area (Å²) in [7, 11) is 0. The molecule has 0 bridgehead atoms. The highest BCUT2D eigenvalue weighted by molar-refractivity contribution is 5.92. The number of phenols is 1. The summed E-state index contributed by atoms with van der Waals surface area (Å²) in [6.45, 7) is 0. The average molecular weight is 258 g/mol. The second kappa shape index (κ2) is 4.81.